The van der Waals surface area contributed by atoms with Crippen LogP contribution in [0.3, 0.4) is 0 Å². The second-order valence-electron chi connectivity index (χ2n) is 6.64. The van der Waals surface area contributed by atoms with Crippen LogP contribution in [0.1, 0.15) is 47.8 Å². The number of aromatic nitrogens is 4. The van der Waals surface area contributed by atoms with E-state index in [4.69, 9.17) is 4.74 Å². The topological polar surface area (TPSA) is 107 Å². The van der Waals surface area contributed by atoms with Crippen molar-refractivity contribution in [3.05, 3.63) is 69.9 Å². The van der Waals surface area contributed by atoms with Crippen LogP contribution in [-0.4, -0.2) is 26.5 Å². The largest absolute Gasteiger partial charge is 0.490 e. The molecule has 0 radical (unpaired) electrons. The minimum Gasteiger partial charge on any atom is -0.490 e. The number of benzene rings is 1. The van der Waals surface area contributed by atoms with Crippen LogP contribution in [0.2, 0.25) is 0 Å². The molecule has 0 spiro atoms. The van der Waals surface area contributed by atoms with Crippen LogP contribution in [0, 0.1) is 13.8 Å². The van der Waals surface area contributed by atoms with Gasteiger partial charge in [-0.1, -0.05) is 15.9 Å². The lowest BCUT2D eigenvalue weighted by Gasteiger charge is -2.22. The highest BCUT2D eigenvalue weighted by Crippen LogP contribution is 2.42. The van der Waals surface area contributed by atoms with Crippen LogP contribution in [0.25, 0.3) is 0 Å². The van der Waals surface area contributed by atoms with E-state index in [1.165, 1.54) is 0 Å². The molecule has 0 saturated carbocycles. The Bertz CT molecular complexity index is 1040. The highest BCUT2D eigenvalue weighted by molar-refractivity contribution is 9.11. The van der Waals surface area contributed by atoms with Crippen molar-refractivity contribution in [3.63, 3.8) is 0 Å². The molecule has 0 aliphatic heterocycles. The molecule has 0 fully saturated rings. The van der Waals surface area contributed by atoms with Gasteiger partial charge in [0.05, 0.1) is 27.6 Å². The van der Waals surface area contributed by atoms with Crippen LogP contribution >= 0.6 is 31.9 Å². The van der Waals surface area contributed by atoms with Crippen molar-refractivity contribution in [1.29, 1.82) is 0 Å². The van der Waals surface area contributed by atoms with Crippen molar-refractivity contribution in [2.24, 2.45) is 0 Å². The maximum Gasteiger partial charge on any atom is 0.268 e. The summed E-state index contributed by atoms with van der Waals surface area (Å²) in [5, 5.41) is 10.9. The quantitative estimate of drug-likeness (QED) is 0.428. The molecule has 1 aromatic carbocycles. The molecule has 2 aromatic heterocycles. The van der Waals surface area contributed by atoms with Crippen molar-refractivity contribution < 1.29 is 4.74 Å². The Labute approximate surface area is 172 Å². The molecule has 4 N–H and O–H groups in total. The van der Waals surface area contributed by atoms with Gasteiger partial charge in [0.25, 0.3) is 11.1 Å². The second-order valence-corrected chi connectivity index (χ2v) is 8.41. The van der Waals surface area contributed by atoms with Crippen molar-refractivity contribution in [2.45, 2.75) is 39.7 Å². The van der Waals surface area contributed by atoms with Gasteiger partial charge in [0, 0.05) is 21.4 Å². The third-order valence-electron chi connectivity index (χ3n) is 4.30. The molecule has 3 aromatic rings. The number of hydrogen-bond donors (Lipinski definition) is 4. The third-order valence-corrected chi connectivity index (χ3v) is 5.35. The molecule has 0 saturated heterocycles. The van der Waals surface area contributed by atoms with Crippen LogP contribution in [0.4, 0.5) is 0 Å². The van der Waals surface area contributed by atoms with E-state index >= 15 is 0 Å². The molecular formula is C18H20Br2N4O3. The standard InChI is InChI=1S/C18H20Br2N4O3/c1-7(2)27-16-11(5-10(19)6-12(16)20)15(13-8(3)21-23-17(13)25)14-9(4)22-24-18(14)26/h5-7,15H,1-4H3,(H2,21,23,25)(H2,22,24,26). The van der Waals surface area contributed by atoms with Crippen molar-refractivity contribution >= 4 is 31.9 Å². The zero-order chi connectivity index (χ0) is 19.9. The molecular weight excluding hydrogens is 480 g/mol. The first-order valence-electron chi connectivity index (χ1n) is 8.40. The number of H-pyrrole nitrogens is 4. The first-order valence-corrected chi connectivity index (χ1v) is 9.99. The molecule has 0 atom stereocenters. The Kier molecular flexibility index (Phi) is 5.53. The molecule has 144 valence electrons. The van der Waals surface area contributed by atoms with Crippen LogP contribution in [0.5, 0.6) is 5.75 Å². The molecule has 27 heavy (non-hydrogen) atoms. The summed E-state index contributed by atoms with van der Waals surface area (Å²) in [7, 11) is 0. The van der Waals surface area contributed by atoms with Crippen LogP contribution < -0.4 is 15.9 Å². The number of hydrogen-bond acceptors (Lipinski definition) is 3. The predicted molar refractivity (Wildman–Crippen MR) is 111 cm³/mol. The highest BCUT2D eigenvalue weighted by atomic mass is 79.9. The van der Waals surface area contributed by atoms with Gasteiger partial charge in [-0.3, -0.25) is 19.8 Å². The lowest BCUT2D eigenvalue weighted by molar-refractivity contribution is 0.238. The Morgan fingerprint density at radius 3 is 1.81 bits per heavy atom. The number of rotatable bonds is 5. The van der Waals surface area contributed by atoms with E-state index in [1.807, 2.05) is 26.0 Å². The van der Waals surface area contributed by atoms with Gasteiger partial charge >= 0.3 is 0 Å². The van der Waals surface area contributed by atoms with Crippen LogP contribution in [-0.2, 0) is 0 Å². The molecule has 9 heteroatoms. The summed E-state index contributed by atoms with van der Waals surface area (Å²) in [6.45, 7) is 7.45. The Morgan fingerprint density at radius 1 is 0.889 bits per heavy atom. The van der Waals surface area contributed by atoms with E-state index in [0.29, 0.717) is 33.8 Å². The highest BCUT2D eigenvalue weighted by Gasteiger charge is 2.31. The number of ether oxygens (including phenoxy) is 1. The molecule has 0 bridgehead atoms. The van der Waals surface area contributed by atoms with Gasteiger partial charge in [0.1, 0.15) is 5.75 Å². The molecule has 0 aliphatic carbocycles. The average Bonchev–Trinajstić information content (AvgIpc) is 3.07. The summed E-state index contributed by atoms with van der Waals surface area (Å²) in [6.07, 6.45) is -0.0851. The summed E-state index contributed by atoms with van der Waals surface area (Å²) in [5.74, 6) is -0.0178. The lowest BCUT2D eigenvalue weighted by Crippen LogP contribution is -2.21. The van der Waals surface area contributed by atoms with Gasteiger partial charge in [0.2, 0.25) is 0 Å². The second kappa shape index (κ2) is 7.55. The molecule has 2 heterocycles. The summed E-state index contributed by atoms with van der Waals surface area (Å²) in [5.41, 5.74) is 2.44. The maximum absolute atomic E-state index is 12.6. The number of aryl methyl sites for hydroxylation is 2. The average molecular weight is 500 g/mol. The fraction of sp³-hybridized carbons (Fsp3) is 0.333. The number of aromatic amines is 4. The summed E-state index contributed by atoms with van der Waals surface area (Å²) < 4.78 is 7.60. The van der Waals surface area contributed by atoms with E-state index in [0.717, 1.165) is 8.95 Å². The first kappa shape index (κ1) is 19.8. The van der Waals surface area contributed by atoms with Gasteiger partial charge in [-0.2, -0.15) is 0 Å². The van der Waals surface area contributed by atoms with Gasteiger partial charge < -0.3 is 14.9 Å². The maximum atomic E-state index is 12.6. The summed E-state index contributed by atoms with van der Waals surface area (Å²) in [4.78, 5) is 25.2. The number of nitrogens with one attached hydrogen (secondary N) is 4. The minimum absolute atomic E-state index is 0.0851. The fourth-order valence-electron chi connectivity index (χ4n) is 3.22. The molecule has 3 rings (SSSR count). The van der Waals surface area contributed by atoms with E-state index in [9.17, 15) is 9.59 Å². The monoisotopic (exact) mass is 498 g/mol. The zero-order valence-electron chi connectivity index (χ0n) is 15.3. The Morgan fingerprint density at radius 2 is 1.41 bits per heavy atom. The van der Waals surface area contributed by atoms with Crippen molar-refractivity contribution in [1.82, 2.24) is 20.4 Å². The first-order chi connectivity index (χ1) is 12.7. The smallest absolute Gasteiger partial charge is 0.268 e. The van der Waals surface area contributed by atoms with Gasteiger partial charge in [-0.15, -0.1) is 0 Å². The van der Waals surface area contributed by atoms with E-state index in [1.54, 1.807) is 13.8 Å². The summed E-state index contributed by atoms with van der Waals surface area (Å²) in [6, 6.07) is 3.76. The predicted octanol–water partition coefficient (Wildman–Crippen LogP) is 3.83. The Balaban J connectivity index is 2.40. The fourth-order valence-corrected chi connectivity index (χ4v) is 4.57. The van der Waals surface area contributed by atoms with Gasteiger partial charge in [-0.25, -0.2) is 0 Å². The number of halogens is 2. The normalized spacial score (nSPS) is 11.6. The van der Waals surface area contributed by atoms with Gasteiger partial charge in [-0.05, 0) is 55.8 Å². The third kappa shape index (κ3) is 3.70. The minimum atomic E-state index is -0.613. The zero-order valence-corrected chi connectivity index (χ0v) is 18.5. The molecule has 0 aliphatic rings. The molecule has 7 nitrogen and oxygen atoms in total. The van der Waals surface area contributed by atoms with Gasteiger partial charge in [0.15, 0.2) is 0 Å². The molecule has 0 unspecified atom stereocenters. The van der Waals surface area contributed by atoms with Crippen molar-refractivity contribution in [2.75, 3.05) is 0 Å². The van der Waals surface area contributed by atoms with E-state index < -0.39 is 5.92 Å². The SMILES string of the molecule is Cc1[nH][nH]c(=O)c1C(c1cc(Br)cc(Br)c1OC(C)C)c1c(C)[nH][nH]c1=O. The van der Waals surface area contributed by atoms with E-state index in [2.05, 4.69) is 52.3 Å². The lowest BCUT2D eigenvalue weighted by atomic mass is 9.85. The molecule has 0 amide bonds. The Hall–Kier alpha value is -2.00. The summed E-state index contributed by atoms with van der Waals surface area (Å²) >= 11 is 7.06. The van der Waals surface area contributed by atoms with Crippen LogP contribution in [0.15, 0.2) is 30.7 Å². The van der Waals surface area contributed by atoms with E-state index in [-0.39, 0.29) is 17.2 Å². The van der Waals surface area contributed by atoms with Crippen molar-refractivity contribution in [3.8, 4) is 5.75 Å².